The number of aromatic nitrogens is 3. The molecule has 0 bridgehead atoms. The number of fused-ring (bicyclic) bond motifs is 2. The van der Waals surface area contributed by atoms with Crippen LogP contribution in [-0.2, 0) is 4.74 Å². The summed E-state index contributed by atoms with van der Waals surface area (Å²) in [5.41, 5.74) is 11.3. The Bertz CT molecular complexity index is 1370. The maximum Gasteiger partial charge on any atom is 0.134 e. The molecule has 2 aromatic carbocycles. The quantitative estimate of drug-likeness (QED) is 0.366. The van der Waals surface area contributed by atoms with E-state index in [1.54, 1.807) is 6.20 Å². The molecule has 1 fully saturated rings. The molecule has 162 valence electrons. The minimum atomic E-state index is 0.257. The lowest BCUT2D eigenvalue weighted by atomic mass is 10.1. The SMILES string of the molecule is Cc1nc2c(C(N)=NC=N)cc(N3CCOCC3)cc2n1-c1ccnc2c(Cl)cccc12. The molecular weight excluding hydrogens is 426 g/mol. The lowest BCUT2D eigenvalue weighted by Crippen LogP contribution is -2.36. The number of amidine groups is 1. The molecule has 0 aliphatic carbocycles. The number of aryl methyl sites for hydroxylation is 1. The van der Waals surface area contributed by atoms with E-state index >= 15 is 0 Å². The van der Waals surface area contributed by atoms with Crippen LogP contribution in [0.2, 0.25) is 5.02 Å². The molecule has 9 heteroatoms. The van der Waals surface area contributed by atoms with Crippen molar-refractivity contribution in [3.8, 4) is 5.69 Å². The van der Waals surface area contributed by atoms with Gasteiger partial charge in [-0.15, -0.1) is 0 Å². The number of ether oxygens (including phenoxy) is 1. The molecule has 0 spiro atoms. The Hall–Kier alpha value is -3.49. The van der Waals surface area contributed by atoms with Gasteiger partial charge in [0.25, 0.3) is 0 Å². The van der Waals surface area contributed by atoms with E-state index in [1.807, 2.05) is 37.3 Å². The van der Waals surface area contributed by atoms with Gasteiger partial charge in [-0.25, -0.2) is 9.98 Å². The van der Waals surface area contributed by atoms with Crippen molar-refractivity contribution in [1.29, 1.82) is 5.41 Å². The highest BCUT2D eigenvalue weighted by molar-refractivity contribution is 6.35. The van der Waals surface area contributed by atoms with E-state index < -0.39 is 0 Å². The first-order valence-corrected chi connectivity index (χ1v) is 10.7. The Morgan fingerprint density at radius 1 is 1.22 bits per heavy atom. The number of rotatable bonds is 4. The number of morpholine rings is 1. The zero-order chi connectivity index (χ0) is 22.2. The summed E-state index contributed by atoms with van der Waals surface area (Å²) in [6, 6.07) is 11.8. The van der Waals surface area contributed by atoms with Gasteiger partial charge in [-0.3, -0.25) is 15.0 Å². The highest BCUT2D eigenvalue weighted by atomic mass is 35.5. The van der Waals surface area contributed by atoms with Gasteiger partial charge < -0.3 is 15.4 Å². The van der Waals surface area contributed by atoms with Crippen molar-refractivity contribution in [3.05, 3.63) is 59.0 Å². The zero-order valence-electron chi connectivity index (χ0n) is 17.5. The first-order valence-electron chi connectivity index (χ1n) is 10.3. The van der Waals surface area contributed by atoms with E-state index in [4.69, 9.17) is 32.5 Å². The van der Waals surface area contributed by atoms with Crippen LogP contribution in [-0.4, -0.2) is 53.0 Å². The van der Waals surface area contributed by atoms with Crippen molar-refractivity contribution in [2.45, 2.75) is 6.92 Å². The van der Waals surface area contributed by atoms with Gasteiger partial charge in [0.05, 0.1) is 35.0 Å². The van der Waals surface area contributed by atoms with Crippen LogP contribution >= 0.6 is 11.6 Å². The summed E-state index contributed by atoms with van der Waals surface area (Å²) in [6.07, 6.45) is 2.71. The van der Waals surface area contributed by atoms with E-state index in [0.717, 1.165) is 58.6 Å². The number of para-hydroxylation sites is 1. The van der Waals surface area contributed by atoms with E-state index in [0.29, 0.717) is 23.8 Å². The molecule has 0 saturated carbocycles. The number of pyridine rings is 1. The first-order chi connectivity index (χ1) is 15.6. The smallest absolute Gasteiger partial charge is 0.134 e. The summed E-state index contributed by atoms with van der Waals surface area (Å²) in [4.78, 5) is 15.6. The van der Waals surface area contributed by atoms with Crippen molar-refractivity contribution in [2.24, 2.45) is 10.7 Å². The minimum absolute atomic E-state index is 0.257. The van der Waals surface area contributed by atoms with Crippen LogP contribution in [0.3, 0.4) is 0 Å². The fourth-order valence-electron chi connectivity index (χ4n) is 4.24. The van der Waals surface area contributed by atoms with E-state index in [2.05, 4.69) is 25.5 Å². The number of hydrogen-bond acceptors (Lipinski definition) is 5. The number of hydrogen-bond donors (Lipinski definition) is 2. The first kappa shape index (κ1) is 20.4. The van der Waals surface area contributed by atoms with Gasteiger partial charge >= 0.3 is 0 Å². The summed E-state index contributed by atoms with van der Waals surface area (Å²) < 4.78 is 7.62. The number of aliphatic imine (C=N–C) groups is 1. The van der Waals surface area contributed by atoms with Crippen molar-refractivity contribution in [1.82, 2.24) is 14.5 Å². The number of benzene rings is 2. The Morgan fingerprint density at radius 2 is 2.03 bits per heavy atom. The maximum atomic E-state index is 7.37. The van der Waals surface area contributed by atoms with Gasteiger partial charge in [-0.1, -0.05) is 23.7 Å². The van der Waals surface area contributed by atoms with Crippen LogP contribution < -0.4 is 10.6 Å². The normalized spacial score (nSPS) is 14.9. The number of nitrogens with two attached hydrogens (primary N) is 1. The summed E-state index contributed by atoms with van der Waals surface area (Å²) >= 11 is 6.42. The van der Waals surface area contributed by atoms with Gasteiger partial charge in [0, 0.05) is 35.9 Å². The Labute approximate surface area is 189 Å². The van der Waals surface area contributed by atoms with E-state index in [9.17, 15) is 0 Å². The van der Waals surface area contributed by atoms with Crippen molar-refractivity contribution < 1.29 is 4.74 Å². The minimum Gasteiger partial charge on any atom is -0.383 e. The molecule has 0 amide bonds. The number of nitrogens with one attached hydrogen (secondary N) is 1. The molecule has 1 aliphatic rings. The van der Waals surface area contributed by atoms with E-state index in [-0.39, 0.29) is 5.84 Å². The van der Waals surface area contributed by atoms with Gasteiger partial charge in [-0.2, -0.15) is 0 Å². The van der Waals surface area contributed by atoms with Gasteiger partial charge in [0.2, 0.25) is 0 Å². The van der Waals surface area contributed by atoms with Gasteiger partial charge in [-0.05, 0) is 31.2 Å². The zero-order valence-corrected chi connectivity index (χ0v) is 18.3. The molecule has 0 unspecified atom stereocenters. The lowest BCUT2D eigenvalue weighted by molar-refractivity contribution is 0.122. The maximum absolute atomic E-state index is 7.37. The predicted molar refractivity (Wildman–Crippen MR) is 129 cm³/mol. The van der Waals surface area contributed by atoms with Crippen LogP contribution in [0.15, 0.2) is 47.6 Å². The molecule has 1 saturated heterocycles. The number of nitrogens with zero attached hydrogens (tertiary/aromatic N) is 5. The number of imidazole rings is 1. The van der Waals surface area contributed by atoms with Crippen LogP contribution in [0.5, 0.6) is 0 Å². The third-order valence-electron chi connectivity index (χ3n) is 5.71. The fraction of sp³-hybridized carbons (Fsp3) is 0.217. The number of halogens is 1. The molecule has 1 aliphatic heterocycles. The van der Waals surface area contributed by atoms with Crippen molar-refractivity contribution in [2.75, 3.05) is 31.2 Å². The largest absolute Gasteiger partial charge is 0.383 e. The summed E-state index contributed by atoms with van der Waals surface area (Å²) in [7, 11) is 0. The Kier molecular flexibility index (Phi) is 5.24. The second kappa shape index (κ2) is 8.22. The Balaban J connectivity index is 1.82. The average molecular weight is 448 g/mol. The molecule has 0 atom stereocenters. The van der Waals surface area contributed by atoms with Crippen molar-refractivity contribution >= 4 is 51.4 Å². The molecule has 0 radical (unpaired) electrons. The number of anilines is 1. The second-order valence-electron chi connectivity index (χ2n) is 7.56. The molecule has 2 aromatic heterocycles. The van der Waals surface area contributed by atoms with Crippen LogP contribution in [0.4, 0.5) is 5.69 Å². The van der Waals surface area contributed by atoms with Crippen molar-refractivity contribution in [3.63, 3.8) is 0 Å². The summed E-state index contributed by atoms with van der Waals surface area (Å²) in [6.45, 7) is 4.87. The topological polar surface area (TPSA) is 105 Å². The van der Waals surface area contributed by atoms with Gasteiger partial charge in [0.1, 0.15) is 23.5 Å². The molecule has 8 nitrogen and oxygen atoms in total. The standard InChI is InChI=1S/C23H22ClN7O/c1-14-29-22-17(23(26)28-13-25)11-15(30-7-9-32-10-8-30)12-20(22)31(14)19-5-6-27-21-16(19)3-2-4-18(21)24/h2-6,11-13H,7-10H2,1H3,(H3,25,26,28). The Morgan fingerprint density at radius 3 is 2.81 bits per heavy atom. The van der Waals surface area contributed by atoms with Crippen LogP contribution in [0, 0.1) is 12.3 Å². The molecule has 3 N–H and O–H groups in total. The molecule has 3 heterocycles. The molecular formula is C23H22ClN7O. The molecule has 4 aromatic rings. The van der Waals surface area contributed by atoms with E-state index in [1.165, 1.54) is 0 Å². The van der Waals surface area contributed by atoms with Crippen LogP contribution in [0.25, 0.3) is 27.6 Å². The van der Waals surface area contributed by atoms with Gasteiger partial charge in [0.15, 0.2) is 0 Å². The third-order valence-corrected chi connectivity index (χ3v) is 6.01. The second-order valence-corrected chi connectivity index (χ2v) is 7.97. The average Bonchev–Trinajstić information content (AvgIpc) is 3.14. The molecule has 32 heavy (non-hydrogen) atoms. The fourth-order valence-corrected chi connectivity index (χ4v) is 4.46. The highest BCUT2D eigenvalue weighted by Gasteiger charge is 2.21. The summed E-state index contributed by atoms with van der Waals surface area (Å²) in [5, 5.41) is 8.90. The lowest BCUT2D eigenvalue weighted by Gasteiger charge is -2.29. The monoisotopic (exact) mass is 447 g/mol. The highest BCUT2D eigenvalue weighted by Crippen LogP contribution is 2.33. The molecule has 5 rings (SSSR count). The third kappa shape index (κ3) is 3.37. The predicted octanol–water partition coefficient (Wildman–Crippen LogP) is 3.68. The van der Waals surface area contributed by atoms with Crippen LogP contribution in [0.1, 0.15) is 11.4 Å². The summed E-state index contributed by atoms with van der Waals surface area (Å²) in [5.74, 6) is 1.06.